The second kappa shape index (κ2) is 7.90. The maximum atomic E-state index is 13.2. The van der Waals surface area contributed by atoms with E-state index in [9.17, 15) is 41.3 Å². The molecule has 0 aliphatic heterocycles. The van der Waals surface area contributed by atoms with Crippen LogP contribution in [0, 0.1) is 10.1 Å². The minimum Gasteiger partial charge on any atom is -0.289 e. The van der Waals surface area contributed by atoms with Crippen LogP contribution in [-0.4, -0.2) is 19.7 Å². The SMILES string of the molecule is O=c1cc(-c2cc(C(F)(F)F)cc(C(F)(F)F)c2)nc2cc(-c3cccc(O[N+](=O)[O-])c3)[nH]n12. The number of H-pyrrole nitrogens is 1. The summed E-state index contributed by atoms with van der Waals surface area (Å²) < 4.78 is 80.0. The zero-order valence-electron chi connectivity index (χ0n) is 16.4. The molecule has 0 saturated heterocycles. The predicted octanol–water partition coefficient (Wildman–Crippen LogP) is 4.96. The molecule has 0 fully saturated rings. The van der Waals surface area contributed by atoms with Crippen molar-refractivity contribution in [3.63, 3.8) is 0 Å². The van der Waals surface area contributed by atoms with Crippen LogP contribution in [0.2, 0.25) is 0 Å². The van der Waals surface area contributed by atoms with Gasteiger partial charge in [-0.15, -0.1) is 10.1 Å². The van der Waals surface area contributed by atoms with E-state index in [1.165, 1.54) is 30.3 Å². The van der Waals surface area contributed by atoms with Gasteiger partial charge in [-0.1, -0.05) is 12.1 Å². The van der Waals surface area contributed by atoms with Crippen molar-refractivity contribution in [2.24, 2.45) is 0 Å². The molecule has 1 N–H and O–H groups in total. The molecule has 0 amide bonds. The first kappa shape index (κ1) is 22.8. The quantitative estimate of drug-likeness (QED) is 0.251. The zero-order chi connectivity index (χ0) is 24.8. The van der Waals surface area contributed by atoms with Crippen molar-refractivity contribution >= 4 is 5.65 Å². The molecule has 8 nitrogen and oxygen atoms in total. The number of hydrogen-bond acceptors (Lipinski definition) is 5. The van der Waals surface area contributed by atoms with Gasteiger partial charge in [0.15, 0.2) is 5.65 Å². The summed E-state index contributed by atoms with van der Waals surface area (Å²) in [5.74, 6) is -0.120. The van der Waals surface area contributed by atoms with Gasteiger partial charge in [-0.2, -0.15) is 26.3 Å². The Balaban J connectivity index is 1.84. The lowest BCUT2D eigenvalue weighted by molar-refractivity contribution is -0.711. The van der Waals surface area contributed by atoms with Gasteiger partial charge in [0.05, 0.1) is 22.5 Å². The molecule has 2 aromatic carbocycles. The molecule has 0 atom stereocenters. The van der Waals surface area contributed by atoms with Gasteiger partial charge in [-0.25, -0.2) is 9.50 Å². The summed E-state index contributed by atoms with van der Waals surface area (Å²) >= 11 is 0. The standard InChI is InChI=1S/C20H10F6N4O4/c21-19(22,23)12-4-11(5-13(7-12)20(24,25)26)15-9-18(31)29-17(27-15)8-16(28-29)10-2-1-3-14(6-10)34-30(32)33/h1-9,28H. The summed E-state index contributed by atoms with van der Waals surface area (Å²) in [5.41, 5.74) is -4.39. The highest BCUT2D eigenvalue weighted by Crippen LogP contribution is 2.38. The lowest BCUT2D eigenvalue weighted by atomic mass is 10.0. The van der Waals surface area contributed by atoms with Crippen LogP contribution in [-0.2, 0) is 12.4 Å². The maximum Gasteiger partial charge on any atom is 0.416 e. The third kappa shape index (κ3) is 4.55. The minimum atomic E-state index is -5.06. The molecule has 0 unspecified atom stereocenters. The van der Waals surface area contributed by atoms with Crippen molar-refractivity contribution < 1.29 is 36.3 Å². The van der Waals surface area contributed by atoms with Crippen LogP contribution in [0.25, 0.3) is 28.2 Å². The number of rotatable bonds is 4. The van der Waals surface area contributed by atoms with E-state index in [0.29, 0.717) is 17.7 Å². The normalized spacial score (nSPS) is 12.2. The van der Waals surface area contributed by atoms with Crippen LogP contribution in [0.4, 0.5) is 26.3 Å². The number of nitrogens with one attached hydrogen (secondary N) is 1. The summed E-state index contributed by atoms with van der Waals surface area (Å²) in [6, 6.07) is 8.55. The number of halogens is 6. The van der Waals surface area contributed by atoms with Gasteiger partial charge < -0.3 is 0 Å². The average molecular weight is 484 g/mol. The minimum absolute atomic E-state index is 0.0245. The first-order chi connectivity index (χ1) is 15.8. The summed E-state index contributed by atoms with van der Waals surface area (Å²) in [7, 11) is 0. The highest BCUT2D eigenvalue weighted by atomic mass is 19.4. The van der Waals surface area contributed by atoms with Crippen LogP contribution >= 0.6 is 0 Å². The summed E-state index contributed by atoms with van der Waals surface area (Å²) in [6.07, 6.45) is -10.1. The Kier molecular flexibility index (Phi) is 5.30. The number of hydrogen-bond donors (Lipinski definition) is 1. The van der Waals surface area contributed by atoms with Crippen LogP contribution in [0.15, 0.2) is 59.4 Å². The molecule has 2 aromatic heterocycles. The lowest BCUT2D eigenvalue weighted by Gasteiger charge is -2.14. The zero-order valence-corrected chi connectivity index (χ0v) is 16.4. The van der Waals surface area contributed by atoms with Gasteiger partial charge in [0, 0.05) is 23.3 Å². The van der Waals surface area contributed by atoms with Crippen LogP contribution in [0.3, 0.4) is 0 Å². The number of fused-ring (bicyclic) bond motifs is 1. The predicted molar refractivity (Wildman–Crippen MR) is 104 cm³/mol. The highest BCUT2D eigenvalue weighted by Gasteiger charge is 2.37. The Hall–Kier alpha value is -4.36. The molecule has 0 aliphatic rings. The maximum absolute atomic E-state index is 13.2. The molecule has 4 rings (SSSR count). The van der Waals surface area contributed by atoms with E-state index < -0.39 is 45.4 Å². The molecule has 0 bridgehead atoms. The summed E-state index contributed by atoms with van der Waals surface area (Å²) in [6.45, 7) is 0. The fraction of sp³-hybridized carbons (Fsp3) is 0.100. The molecule has 176 valence electrons. The van der Waals surface area contributed by atoms with Gasteiger partial charge in [-0.05, 0) is 30.3 Å². The number of alkyl halides is 6. The van der Waals surface area contributed by atoms with Gasteiger partial charge in [0.2, 0.25) is 0 Å². The molecule has 0 spiro atoms. The van der Waals surface area contributed by atoms with Crippen LogP contribution < -0.4 is 10.4 Å². The number of aromatic amines is 1. The van der Waals surface area contributed by atoms with Crippen molar-refractivity contribution in [1.82, 2.24) is 14.6 Å². The van der Waals surface area contributed by atoms with E-state index in [1.807, 2.05) is 0 Å². The van der Waals surface area contributed by atoms with Crippen molar-refractivity contribution in [2.75, 3.05) is 0 Å². The average Bonchev–Trinajstić information content (AvgIpc) is 3.17. The van der Waals surface area contributed by atoms with Crippen LogP contribution in [0.1, 0.15) is 11.1 Å². The largest absolute Gasteiger partial charge is 0.416 e. The van der Waals surface area contributed by atoms with Gasteiger partial charge >= 0.3 is 12.4 Å². The molecule has 34 heavy (non-hydrogen) atoms. The molecule has 4 aromatic rings. The van der Waals surface area contributed by atoms with Crippen molar-refractivity contribution in [2.45, 2.75) is 12.4 Å². The van der Waals surface area contributed by atoms with E-state index >= 15 is 0 Å². The second-order valence-corrected chi connectivity index (χ2v) is 6.98. The smallest absolute Gasteiger partial charge is 0.289 e. The second-order valence-electron chi connectivity index (χ2n) is 6.98. The Morgan fingerprint density at radius 2 is 1.56 bits per heavy atom. The number of nitrogens with zero attached hydrogens (tertiary/aromatic N) is 3. The number of benzene rings is 2. The van der Waals surface area contributed by atoms with Gasteiger partial charge in [0.1, 0.15) is 5.75 Å². The summed E-state index contributed by atoms with van der Waals surface area (Å²) in [5, 5.41) is 12.2. The molecule has 2 heterocycles. The molecule has 14 heteroatoms. The monoisotopic (exact) mass is 484 g/mol. The molecular weight excluding hydrogens is 474 g/mol. The number of aromatic nitrogens is 3. The van der Waals surface area contributed by atoms with Crippen molar-refractivity contribution in [1.29, 1.82) is 0 Å². The van der Waals surface area contributed by atoms with Crippen LogP contribution in [0.5, 0.6) is 5.75 Å². The van der Waals surface area contributed by atoms with E-state index in [2.05, 4.69) is 14.9 Å². The molecule has 0 saturated carbocycles. The fourth-order valence-electron chi connectivity index (χ4n) is 3.20. The molecule has 0 aliphatic carbocycles. The van der Waals surface area contributed by atoms with Crippen molar-refractivity contribution in [3.05, 3.63) is 86.2 Å². The van der Waals surface area contributed by atoms with E-state index in [4.69, 9.17) is 0 Å². The van der Waals surface area contributed by atoms with Gasteiger partial charge in [0.25, 0.3) is 10.6 Å². The third-order valence-corrected chi connectivity index (χ3v) is 4.66. The third-order valence-electron chi connectivity index (χ3n) is 4.66. The van der Waals surface area contributed by atoms with Crippen molar-refractivity contribution in [3.8, 4) is 28.3 Å². The summed E-state index contributed by atoms with van der Waals surface area (Å²) in [4.78, 5) is 31.4. The Morgan fingerprint density at radius 1 is 0.912 bits per heavy atom. The molecular formula is C20H10F6N4O4. The Bertz CT molecular complexity index is 1440. The van der Waals surface area contributed by atoms with E-state index in [-0.39, 0.29) is 23.2 Å². The topological polar surface area (TPSA) is 103 Å². The van der Waals surface area contributed by atoms with Gasteiger partial charge in [-0.3, -0.25) is 14.7 Å². The fourth-order valence-corrected chi connectivity index (χ4v) is 3.20. The first-order valence-corrected chi connectivity index (χ1v) is 9.17. The van der Waals surface area contributed by atoms with E-state index in [0.717, 1.165) is 10.6 Å². The first-order valence-electron chi connectivity index (χ1n) is 9.17. The Labute approximate surface area is 184 Å². The van der Waals surface area contributed by atoms with E-state index in [1.54, 1.807) is 0 Å². The highest BCUT2D eigenvalue weighted by molar-refractivity contribution is 5.68. The molecule has 0 radical (unpaired) electrons. The Morgan fingerprint density at radius 3 is 2.15 bits per heavy atom. The lowest BCUT2D eigenvalue weighted by Crippen LogP contribution is -2.15.